The Balaban J connectivity index is 3.11. The van der Waals surface area contributed by atoms with E-state index in [1.807, 2.05) is 0 Å². The van der Waals surface area contributed by atoms with E-state index >= 15 is 0 Å². The molecule has 0 saturated heterocycles. The Morgan fingerprint density at radius 2 is 1.04 bits per heavy atom. The fraction of sp³-hybridized carbons (Fsp3) is 0.864. The minimum absolute atomic E-state index is 0.0491. The first-order valence-electron chi connectivity index (χ1n) is 10.7. The summed E-state index contributed by atoms with van der Waals surface area (Å²) in [5, 5.41) is 0. The highest BCUT2D eigenvalue weighted by Gasteiger charge is 2.15. The lowest BCUT2D eigenvalue weighted by atomic mass is 10.0. The van der Waals surface area contributed by atoms with Gasteiger partial charge in [-0.3, -0.25) is 0 Å². The molecule has 0 heterocycles. The monoisotopic (exact) mass is 572 g/mol. The van der Waals surface area contributed by atoms with Crippen LogP contribution in [0.4, 0.5) is 0 Å². The molecular formula is C22H39Br3O2. The number of alkyl halides is 3. The molecule has 0 unspecified atom stereocenters. The van der Waals surface area contributed by atoms with Gasteiger partial charge < -0.3 is 4.74 Å². The third kappa shape index (κ3) is 22.8. The van der Waals surface area contributed by atoms with E-state index in [9.17, 15) is 4.79 Å². The summed E-state index contributed by atoms with van der Waals surface area (Å²) in [5.41, 5.74) is 0.487. The highest BCUT2D eigenvalue weighted by molar-refractivity contribution is 9.39. The van der Waals surface area contributed by atoms with Gasteiger partial charge in [-0.15, -0.1) is 0 Å². The van der Waals surface area contributed by atoms with Gasteiger partial charge in [0.15, 0.2) is 0 Å². The first kappa shape index (κ1) is 27.6. The van der Waals surface area contributed by atoms with Crippen molar-refractivity contribution in [1.82, 2.24) is 0 Å². The number of carbonyl (C=O) groups excluding carboxylic acids is 1. The van der Waals surface area contributed by atoms with E-state index in [0.29, 0.717) is 12.2 Å². The molecule has 0 atom stereocenters. The van der Waals surface area contributed by atoms with Crippen LogP contribution in [0.25, 0.3) is 0 Å². The Hall–Kier alpha value is 0.650. The molecule has 0 fully saturated rings. The van der Waals surface area contributed by atoms with Crippen molar-refractivity contribution in [2.24, 2.45) is 0 Å². The summed E-state index contributed by atoms with van der Waals surface area (Å²) in [4.78, 5) is 11.2. The standard InChI is InChI=1S/C22H39Br3O2/c1-20(2)21(26)27-19-17-15-13-11-9-7-5-3-4-6-8-10-12-14-16-18-22(23,24)25/h1,3-19H2,2H3. The van der Waals surface area contributed by atoms with Crippen molar-refractivity contribution in [3.05, 3.63) is 12.2 Å². The Labute approximate surface area is 193 Å². The summed E-state index contributed by atoms with van der Waals surface area (Å²) in [6, 6.07) is 0. The number of carbonyl (C=O) groups is 1. The predicted octanol–water partition coefficient (Wildman–Crippen LogP) is 9.19. The summed E-state index contributed by atoms with van der Waals surface area (Å²) in [6.45, 7) is 5.80. The molecule has 0 bridgehead atoms. The zero-order chi connectivity index (χ0) is 20.4. The van der Waals surface area contributed by atoms with Crippen molar-refractivity contribution < 1.29 is 9.53 Å². The number of esters is 1. The molecule has 0 rings (SSSR count). The van der Waals surface area contributed by atoms with Crippen LogP contribution in [0, 0.1) is 0 Å². The minimum Gasteiger partial charge on any atom is -0.462 e. The maximum atomic E-state index is 11.2. The van der Waals surface area contributed by atoms with Gasteiger partial charge in [0.1, 0.15) is 2.14 Å². The van der Waals surface area contributed by atoms with Crippen LogP contribution in [0.2, 0.25) is 0 Å². The molecule has 5 heteroatoms. The van der Waals surface area contributed by atoms with E-state index in [1.54, 1.807) is 6.92 Å². The van der Waals surface area contributed by atoms with Gasteiger partial charge in [0.2, 0.25) is 0 Å². The van der Waals surface area contributed by atoms with Gasteiger partial charge in [-0.05, 0) is 19.8 Å². The Bertz CT molecular complexity index is 378. The van der Waals surface area contributed by atoms with E-state index in [0.717, 1.165) is 19.3 Å². The molecule has 0 aromatic heterocycles. The van der Waals surface area contributed by atoms with Crippen LogP contribution in [0.15, 0.2) is 12.2 Å². The lowest BCUT2D eigenvalue weighted by Gasteiger charge is -2.10. The maximum absolute atomic E-state index is 11.2. The Kier molecular flexibility index (Phi) is 19.1. The number of halogens is 3. The molecule has 0 radical (unpaired) electrons. The third-order valence-corrected chi connectivity index (χ3v) is 5.88. The molecule has 0 aliphatic carbocycles. The number of unbranched alkanes of at least 4 members (excludes halogenated alkanes) is 14. The van der Waals surface area contributed by atoms with Crippen molar-refractivity contribution in [1.29, 1.82) is 0 Å². The summed E-state index contributed by atoms with van der Waals surface area (Å²) in [6.07, 6.45) is 20.9. The second kappa shape index (κ2) is 18.7. The topological polar surface area (TPSA) is 26.3 Å². The van der Waals surface area contributed by atoms with E-state index in [-0.39, 0.29) is 8.11 Å². The van der Waals surface area contributed by atoms with Crippen LogP contribution in [-0.4, -0.2) is 14.7 Å². The van der Waals surface area contributed by atoms with Crippen LogP contribution in [0.5, 0.6) is 0 Å². The summed E-state index contributed by atoms with van der Waals surface area (Å²) < 4.78 is 5.04. The Morgan fingerprint density at radius 3 is 1.37 bits per heavy atom. The fourth-order valence-corrected chi connectivity index (χ4v) is 3.85. The zero-order valence-corrected chi connectivity index (χ0v) is 21.9. The molecule has 160 valence electrons. The quantitative estimate of drug-likeness (QED) is 0.0705. The van der Waals surface area contributed by atoms with Crippen LogP contribution >= 0.6 is 47.8 Å². The lowest BCUT2D eigenvalue weighted by molar-refractivity contribution is -0.139. The number of ether oxygens (including phenoxy) is 1. The number of hydrogen-bond acceptors (Lipinski definition) is 2. The highest BCUT2D eigenvalue weighted by atomic mass is 80.0. The van der Waals surface area contributed by atoms with Crippen molar-refractivity contribution in [2.75, 3.05) is 6.61 Å². The molecular weight excluding hydrogens is 536 g/mol. The first-order valence-corrected chi connectivity index (χ1v) is 13.1. The zero-order valence-electron chi connectivity index (χ0n) is 17.2. The Morgan fingerprint density at radius 1 is 0.704 bits per heavy atom. The number of rotatable bonds is 18. The van der Waals surface area contributed by atoms with Crippen molar-refractivity contribution in [3.63, 3.8) is 0 Å². The van der Waals surface area contributed by atoms with E-state index in [2.05, 4.69) is 54.4 Å². The summed E-state index contributed by atoms with van der Waals surface area (Å²) in [5.74, 6) is -0.259. The molecule has 0 aliphatic rings. The normalized spacial score (nSPS) is 11.6. The summed E-state index contributed by atoms with van der Waals surface area (Å²) in [7, 11) is 0. The first-order chi connectivity index (χ1) is 12.8. The molecule has 2 nitrogen and oxygen atoms in total. The molecule has 0 aliphatic heterocycles. The molecule has 0 spiro atoms. The molecule has 27 heavy (non-hydrogen) atoms. The maximum Gasteiger partial charge on any atom is 0.333 e. The minimum atomic E-state index is -0.259. The van der Waals surface area contributed by atoms with Crippen LogP contribution in [0.1, 0.15) is 110 Å². The van der Waals surface area contributed by atoms with E-state index < -0.39 is 0 Å². The SMILES string of the molecule is C=C(C)C(=O)OCCCCCCCCCCCCCCCCCC(Br)(Br)Br. The van der Waals surface area contributed by atoms with Gasteiger partial charge in [-0.25, -0.2) is 4.79 Å². The lowest BCUT2D eigenvalue weighted by Crippen LogP contribution is -2.05. The van der Waals surface area contributed by atoms with Gasteiger partial charge >= 0.3 is 5.97 Å². The highest BCUT2D eigenvalue weighted by Crippen LogP contribution is 2.38. The number of hydrogen-bond donors (Lipinski definition) is 0. The van der Waals surface area contributed by atoms with Crippen molar-refractivity contribution in [2.45, 2.75) is 112 Å². The average molecular weight is 575 g/mol. The van der Waals surface area contributed by atoms with Gasteiger partial charge in [0.25, 0.3) is 0 Å². The fourth-order valence-electron chi connectivity index (χ4n) is 3.01. The van der Waals surface area contributed by atoms with Crippen LogP contribution in [0.3, 0.4) is 0 Å². The van der Waals surface area contributed by atoms with Gasteiger partial charge in [-0.1, -0.05) is 144 Å². The van der Waals surface area contributed by atoms with Crippen LogP contribution in [-0.2, 0) is 9.53 Å². The second-order valence-electron chi connectivity index (χ2n) is 7.58. The van der Waals surface area contributed by atoms with Gasteiger partial charge in [-0.2, -0.15) is 0 Å². The molecule has 0 amide bonds. The molecule has 0 aromatic rings. The third-order valence-electron chi connectivity index (χ3n) is 4.69. The summed E-state index contributed by atoms with van der Waals surface area (Å²) >= 11 is 10.6. The van der Waals surface area contributed by atoms with E-state index in [4.69, 9.17) is 4.74 Å². The van der Waals surface area contributed by atoms with Crippen molar-refractivity contribution in [3.8, 4) is 0 Å². The van der Waals surface area contributed by atoms with Crippen LogP contribution < -0.4 is 0 Å². The van der Waals surface area contributed by atoms with E-state index in [1.165, 1.54) is 83.5 Å². The molecule has 0 saturated carbocycles. The van der Waals surface area contributed by atoms with Gasteiger partial charge in [0, 0.05) is 5.57 Å². The van der Waals surface area contributed by atoms with Gasteiger partial charge in [0.05, 0.1) is 6.61 Å². The largest absolute Gasteiger partial charge is 0.462 e. The molecule has 0 N–H and O–H groups in total. The average Bonchev–Trinajstić information content (AvgIpc) is 2.59. The second-order valence-corrected chi connectivity index (χ2v) is 14.8. The molecule has 0 aromatic carbocycles. The smallest absolute Gasteiger partial charge is 0.333 e. The van der Waals surface area contributed by atoms with Crippen molar-refractivity contribution >= 4 is 53.8 Å². The predicted molar refractivity (Wildman–Crippen MR) is 129 cm³/mol.